The Morgan fingerprint density at radius 2 is 2.25 bits per heavy atom. The average molecular weight is 317 g/mol. The molecule has 1 amide bonds. The number of nitrogens with one attached hydrogen (secondary N) is 2. The molecule has 0 spiro atoms. The van der Waals surface area contributed by atoms with Crippen molar-refractivity contribution in [2.75, 3.05) is 19.7 Å². The van der Waals surface area contributed by atoms with Crippen molar-refractivity contribution < 1.29 is 9.53 Å². The molecule has 6 heteroatoms. The van der Waals surface area contributed by atoms with E-state index in [0.717, 1.165) is 25.9 Å². The quantitative estimate of drug-likeness (QED) is 0.878. The van der Waals surface area contributed by atoms with Crippen LogP contribution in [0, 0.1) is 0 Å². The lowest BCUT2D eigenvalue weighted by molar-refractivity contribution is -0.122. The molecule has 0 saturated carbocycles. The highest BCUT2D eigenvalue weighted by atomic mass is 35.5. The number of amides is 1. The molecule has 0 aromatic heterocycles. The first-order chi connectivity index (χ1) is 9.65. The monoisotopic (exact) mass is 316 g/mol. The number of hydrogen-bond acceptors (Lipinski definition) is 3. The summed E-state index contributed by atoms with van der Waals surface area (Å²) >= 11 is 11.7. The molecule has 1 aliphatic rings. The van der Waals surface area contributed by atoms with E-state index in [2.05, 4.69) is 10.6 Å². The SMILES string of the molecule is O=C(CCOc1ccc(Cl)c(Cl)c1)N[C@H]1CCCNC1. The van der Waals surface area contributed by atoms with Crippen LogP contribution in [0.4, 0.5) is 0 Å². The van der Waals surface area contributed by atoms with Gasteiger partial charge in [0.25, 0.3) is 0 Å². The van der Waals surface area contributed by atoms with Gasteiger partial charge in [-0.05, 0) is 31.5 Å². The summed E-state index contributed by atoms with van der Waals surface area (Å²) in [5, 5.41) is 7.19. The Morgan fingerprint density at radius 3 is 2.95 bits per heavy atom. The highest BCUT2D eigenvalue weighted by molar-refractivity contribution is 6.42. The van der Waals surface area contributed by atoms with Crippen LogP contribution in [-0.2, 0) is 4.79 Å². The van der Waals surface area contributed by atoms with Gasteiger partial charge >= 0.3 is 0 Å². The second-order valence-electron chi connectivity index (χ2n) is 4.79. The van der Waals surface area contributed by atoms with E-state index >= 15 is 0 Å². The van der Waals surface area contributed by atoms with E-state index in [4.69, 9.17) is 27.9 Å². The van der Waals surface area contributed by atoms with E-state index in [1.807, 2.05) is 0 Å². The van der Waals surface area contributed by atoms with Gasteiger partial charge in [-0.3, -0.25) is 4.79 Å². The van der Waals surface area contributed by atoms with Crippen LogP contribution in [0.15, 0.2) is 18.2 Å². The topological polar surface area (TPSA) is 50.4 Å². The molecular weight excluding hydrogens is 299 g/mol. The van der Waals surface area contributed by atoms with Crippen LogP contribution in [-0.4, -0.2) is 31.6 Å². The summed E-state index contributed by atoms with van der Waals surface area (Å²) in [6, 6.07) is 5.29. The second kappa shape index (κ2) is 7.72. The lowest BCUT2D eigenvalue weighted by Gasteiger charge is -2.23. The van der Waals surface area contributed by atoms with Crippen molar-refractivity contribution in [3.8, 4) is 5.75 Å². The fourth-order valence-corrected chi connectivity index (χ4v) is 2.39. The Bertz CT molecular complexity index is 462. The predicted molar refractivity (Wildman–Crippen MR) is 80.6 cm³/mol. The van der Waals surface area contributed by atoms with Crippen molar-refractivity contribution >= 4 is 29.1 Å². The maximum Gasteiger partial charge on any atom is 0.223 e. The smallest absolute Gasteiger partial charge is 0.223 e. The number of piperidine rings is 1. The van der Waals surface area contributed by atoms with Gasteiger partial charge in [-0.15, -0.1) is 0 Å². The molecule has 20 heavy (non-hydrogen) atoms. The van der Waals surface area contributed by atoms with Crippen molar-refractivity contribution in [2.24, 2.45) is 0 Å². The molecule has 2 rings (SSSR count). The molecule has 1 atom stereocenters. The molecule has 0 aliphatic carbocycles. The summed E-state index contributed by atoms with van der Waals surface area (Å²) in [6.45, 7) is 2.20. The van der Waals surface area contributed by atoms with Crippen molar-refractivity contribution in [3.63, 3.8) is 0 Å². The van der Waals surface area contributed by atoms with E-state index in [1.165, 1.54) is 0 Å². The summed E-state index contributed by atoms with van der Waals surface area (Å²) in [5.41, 5.74) is 0. The normalized spacial score (nSPS) is 18.6. The zero-order valence-electron chi connectivity index (χ0n) is 11.1. The van der Waals surface area contributed by atoms with Crippen LogP contribution in [0.25, 0.3) is 0 Å². The zero-order chi connectivity index (χ0) is 14.4. The van der Waals surface area contributed by atoms with Gasteiger partial charge in [0.2, 0.25) is 5.91 Å². The highest BCUT2D eigenvalue weighted by Crippen LogP contribution is 2.26. The molecule has 2 N–H and O–H groups in total. The lowest BCUT2D eigenvalue weighted by Crippen LogP contribution is -2.45. The lowest BCUT2D eigenvalue weighted by atomic mass is 10.1. The first-order valence-corrected chi connectivity index (χ1v) is 7.48. The largest absolute Gasteiger partial charge is 0.493 e. The molecule has 1 aromatic rings. The Hall–Kier alpha value is -0.970. The molecule has 1 saturated heterocycles. The van der Waals surface area contributed by atoms with Crippen molar-refractivity contribution in [1.82, 2.24) is 10.6 Å². The van der Waals surface area contributed by atoms with E-state index in [1.54, 1.807) is 18.2 Å². The van der Waals surface area contributed by atoms with Crippen LogP contribution < -0.4 is 15.4 Å². The van der Waals surface area contributed by atoms with Gasteiger partial charge in [0.15, 0.2) is 0 Å². The third-order valence-electron chi connectivity index (χ3n) is 3.15. The van der Waals surface area contributed by atoms with Crippen LogP contribution >= 0.6 is 23.2 Å². The van der Waals surface area contributed by atoms with Gasteiger partial charge in [-0.1, -0.05) is 23.2 Å². The summed E-state index contributed by atoms with van der Waals surface area (Å²) in [7, 11) is 0. The predicted octanol–water partition coefficient (Wildman–Crippen LogP) is 2.63. The highest BCUT2D eigenvalue weighted by Gasteiger charge is 2.15. The maximum absolute atomic E-state index is 11.8. The maximum atomic E-state index is 11.8. The molecular formula is C14H18Cl2N2O2. The molecule has 0 radical (unpaired) electrons. The number of carbonyl (C=O) groups is 1. The molecule has 1 aliphatic heterocycles. The van der Waals surface area contributed by atoms with E-state index in [9.17, 15) is 4.79 Å². The summed E-state index contributed by atoms with van der Waals surface area (Å²) in [5.74, 6) is 0.630. The minimum absolute atomic E-state index is 0.0127. The number of rotatable bonds is 5. The number of hydrogen-bond donors (Lipinski definition) is 2. The van der Waals surface area contributed by atoms with Gasteiger partial charge < -0.3 is 15.4 Å². The molecule has 1 aromatic carbocycles. The third kappa shape index (κ3) is 4.85. The first kappa shape index (κ1) is 15.4. The zero-order valence-corrected chi connectivity index (χ0v) is 12.6. The minimum Gasteiger partial charge on any atom is -0.493 e. The fourth-order valence-electron chi connectivity index (χ4n) is 2.10. The molecule has 1 heterocycles. The second-order valence-corrected chi connectivity index (χ2v) is 5.60. The number of carbonyl (C=O) groups excluding carboxylic acids is 1. The van der Waals surface area contributed by atoms with Gasteiger partial charge in [-0.2, -0.15) is 0 Å². The third-order valence-corrected chi connectivity index (χ3v) is 3.89. The van der Waals surface area contributed by atoms with E-state index in [-0.39, 0.29) is 11.9 Å². The minimum atomic E-state index is 0.0127. The molecule has 4 nitrogen and oxygen atoms in total. The van der Waals surface area contributed by atoms with Crippen LogP contribution in [0.3, 0.4) is 0 Å². The Kier molecular flexibility index (Phi) is 5.95. The van der Waals surface area contributed by atoms with Gasteiger partial charge in [0.05, 0.1) is 23.1 Å². The Balaban J connectivity index is 1.69. The average Bonchev–Trinajstić information content (AvgIpc) is 2.44. The van der Waals surface area contributed by atoms with Gasteiger partial charge in [0.1, 0.15) is 5.75 Å². The Morgan fingerprint density at radius 1 is 1.40 bits per heavy atom. The van der Waals surface area contributed by atoms with E-state index in [0.29, 0.717) is 28.8 Å². The summed E-state index contributed by atoms with van der Waals surface area (Å²) in [4.78, 5) is 11.8. The van der Waals surface area contributed by atoms with Gasteiger partial charge in [-0.25, -0.2) is 0 Å². The van der Waals surface area contributed by atoms with Crippen molar-refractivity contribution in [2.45, 2.75) is 25.3 Å². The number of benzene rings is 1. The standard InChI is InChI=1S/C14H18Cl2N2O2/c15-12-4-3-11(8-13(12)16)20-7-5-14(19)18-10-2-1-6-17-9-10/h3-4,8,10,17H,1-2,5-7,9H2,(H,18,19)/t10-/m0/s1. The molecule has 0 unspecified atom stereocenters. The summed E-state index contributed by atoms with van der Waals surface area (Å²) < 4.78 is 5.48. The Labute approximate surface area is 128 Å². The van der Waals surface area contributed by atoms with E-state index < -0.39 is 0 Å². The molecule has 110 valence electrons. The van der Waals surface area contributed by atoms with Crippen molar-refractivity contribution in [1.29, 1.82) is 0 Å². The van der Waals surface area contributed by atoms with Crippen molar-refractivity contribution in [3.05, 3.63) is 28.2 Å². The van der Waals surface area contributed by atoms with Crippen LogP contribution in [0.2, 0.25) is 10.0 Å². The molecule has 1 fully saturated rings. The van der Waals surface area contributed by atoms with Gasteiger partial charge in [0, 0.05) is 18.7 Å². The van der Waals surface area contributed by atoms with Crippen LogP contribution in [0.5, 0.6) is 5.75 Å². The fraction of sp³-hybridized carbons (Fsp3) is 0.500. The van der Waals surface area contributed by atoms with Crippen LogP contribution in [0.1, 0.15) is 19.3 Å². The number of halogens is 2. The number of ether oxygens (including phenoxy) is 1. The summed E-state index contributed by atoms with van der Waals surface area (Å²) in [6.07, 6.45) is 2.47. The molecule has 0 bridgehead atoms. The first-order valence-electron chi connectivity index (χ1n) is 6.73.